The van der Waals surface area contributed by atoms with Crippen LogP contribution in [0.5, 0.6) is 0 Å². The van der Waals surface area contributed by atoms with Crippen molar-refractivity contribution in [3.8, 4) is 0 Å². The van der Waals surface area contributed by atoms with Crippen molar-refractivity contribution in [2.75, 3.05) is 23.3 Å². The Morgan fingerprint density at radius 1 is 1.39 bits per heavy atom. The summed E-state index contributed by atoms with van der Waals surface area (Å²) in [6.07, 6.45) is 4.89. The van der Waals surface area contributed by atoms with Gasteiger partial charge in [-0.3, -0.25) is 4.79 Å². The van der Waals surface area contributed by atoms with Gasteiger partial charge in [0.2, 0.25) is 5.91 Å². The summed E-state index contributed by atoms with van der Waals surface area (Å²) in [5.41, 5.74) is 1.15. The molecule has 1 aliphatic rings. The van der Waals surface area contributed by atoms with Crippen molar-refractivity contribution >= 4 is 17.4 Å². The number of rotatable bonds is 4. The first kappa shape index (κ1) is 12.9. The number of carbonyl (C=O) groups is 1. The van der Waals surface area contributed by atoms with E-state index in [1.165, 1.54) is 12.8 Å². The second-order valence-electron chi connectivity index (χ2n) is 5.24. The molecule has 1 saturated heterocycles. The average molecular weight is 247 g/mol. The molecule has 1 fully saturated rings. The van der Waals surface area contributed by atoms with Crippen LogP contribution < -0.4 is 10.2 Å². The standard InChI is InChI=1S/C14H21N3O/c1-11(2)9-14(18)16-13-6-5-12(10-15-13)17-7-3-4-8-17/h5-6,10-11H,3-4,7-9H2,1-2H3,(H,15,16,18). The van der Waals surface area contributed by atoms with Crippen molar-refractivity contribution in [1.82, 2.24) is 4.98 Å². The minimum absolute atomic E-state index is 0.0337. The largest absolute Gasteiger partial charge is 0.370 e. The molecule has 0 bridgehead atoms. The predicted octanol–water partition coefficient (Wildman–Crippen LogP) is 2.67. The maximum Gasteiger partial charge on any atom is 0.225 e. The molecule has 1 aromatic heterocycles. The van der Waals surface area contributed by atoms with Crippen LogP contribution in [0.25, 0.3) is 0 Å². The second-order valence-corrected chi connectivity index (χ2v) is 5.24. The average Bonchev–Trinajstić information content (AvgIpc) is 2.82. The van der Waals surface area contributed by atoms with Crippen LogP contribution in [0.3, 0.4) is 0 Å². The van der Waals surface area contributed by atoms with E-state index in [2.05, 4.69) is 15.2 Å². The van der Waals surface area contributed by atoms with E-state index in [4.69, 9.17) is 0 Å². The number of hydrogen-bond acceptors (Lipinski definition) is 3. The third-order valence-electron chi connectivity index (χ3n) is 3.08. The Kier molecular flexibility index (Phi) is 4.18. The number of nitrogens with one attached hydrogen (secondary N) is 1. The van der Waals surface area contributed by atoms with E-state index in [1.807, 2.05) is 32.2 Å². The van der Waals surface area contributed by atoms with Crippen molar-refractivity contribution in [3.05, 3.63) is 18.3 Å². The van der Waals surface area contributed by atoms with Gasteiger partial charge in [0.05, 0.1) is 11.9 Å². The SMILES string of the molecule is CC(C)CC(=O)Nc1ccc(N2CCCC2)cn1. The van der Waals surface area contributed by atoms with Gasteiger partial charge in [-0.1, -0.05) is 13.8 Å². The highest BCUT2D eigenvalue weighted by atomic mass is 16.1. The number of hydrogen-bond donors (Lipinski definition) is 1. The topological polar surface area (TPSA) is 45.2 Å². The summed E-state index contributed by atoms with van der Waals surface area (Å²) < 4.78 is 0. The molecule has 4 nitrogen and oxygen atoms in total. The third-order valence-corrected chi connectivity index (χ3v) is 3.08. The van der Waals surface area contributed by atoms with Crippen LogP contribution in [0.1, 0.15) is 33.1 Å². The van der Waals surface area contributed by atoms with E-state index in [1.54, 1.807) is 0 Å². The van der Waals surface area contributed by atoms with Crippen molar-refractivity contribution < 1.29 is 4.79 Å². The molecule has 18 heavy (non-hydrogen) atoms. The van der Waals surface area contributed by atoms with Crippen LogP contribution in [0.2, 0.25) is 0 Å². The van der Waals surface area contributed by atoms with Gasteiger partial charge < -0.3 is 10.2 Å². The molecule has 1 amide bonds. The van der Waals surface area contributed by atoms with Gasteiger partial charge in [-0.25, -0.2) is 4.98 Å². The van der Waals surface area contributed by atoms with E-state index in [9.17, 15) is 4.79 Å². The fourth-order valence-electron chi connectivity index (χ4n) is 2.19. The quantitative estimate of drug-likeness (QED) is 0.889. The molecule has 0 aromatic carbocycles. The highest BCUT2D eigenvalue weighted by Gasteiger charge is 2.12. The number of nitrogens with zero attached hydrogens (tertiary/aromatic N) is 2. The van der Waals surface area contributed by atoms with E-state index < -0.39 is 0 Å². The molecule has 0 spiro atoms. The first-order valence-corrected chi connectivity index (χ1v) is 6.66. The fraction of sp³-hybridized carbons (Fsp3) is 0.571. The highest BCUT2D eigenvalue weighted by Crippen LogP contribution is 2.20. The monoisotopic (exact) mass is 247 g/mol. The Balaban J connectivity index is 1.93. The lowest BCUT2D eigenvalue weighted by Gasteiger charge is -2.17. The summed E-state index contributed by atoms with van der Waals surface area (Å²) in [6.45, 7) is 6.29. The summed E-state index contributed by atoms with van der Waals surface area (Å²) >= 11 is 0. The smallest absolute Gasteiger partial charge is 0.225 e. The first-order valence-electron chi connectivity index (χ1n) is 6.66. The zero-order chi connectivity index (χ0) is 13.0. The lowest BCUT2D eigenvalue weighted by Crippen LogP contribution is -2.18. The van der Waals surface area contributed by atoms with E-state index in [0.717, 1.165) is 18.8 Å². The summed E-state index contributed by atoms with van der Waals surface area (Å²) in [6, 6.07) is 3.91. The molecule has 1 aromatic rings. The summed E-state index contributed by atoms with van der Waals surface area (Å²) in [5.74, 6) is 1.05. The van der Waals surface area contributed by atoms with Crippen LogP contribution in [0.15, 0.2) is 18.3 Å². The van der Waals surface area contributed by atoms with Crippen molar-refractivity contribution in [3.63, 3.8) is 0 Å². The zero-order valence-corrected chi connectivity index (χ0v) is 11.1. The molecule has 0 aliphatic carbocycles. The molecule has 98 valence electrons. The predicted molar refractivity (Wildman–Crippen MR) is 73.8 cm³/mol. The van der Waals surface area contributed by atoms with E-state index in [0.29, 0.717) is 18.2 Å². The normalized spacial score (nSPS) is 15.2. The molecular weight excluding hydrogens is 226 g/mol. The van der Waals surface area contributed by atoms with Gasteiger partial charge in [0.15, 0.2) is 0 Å². The number of pyridine rings is 1. The fourth-order valence-corrected chi connectivity index (χ4v) is 2.19. The third kappa shape index (κ3) is 3.45. The van der Waals surface area contributed by atoms with Crippen LogP contribution in [-0.2, 0) is 4.79 Å². The van der Waals surface area contributed by atoms with E-state index >= 15 is 0 Å². The highest BCUT2D eigenvalue weighted by molar-refractivity contribution is 5.89. The van der Waals surface area contributed by atoms with Gasteiger partial charge in [-0.05, 0) is 30.9 Å². The molecular formula is C14H21N3O. The Morgan fingerprint density at radius 2 is 2.11 bits per heavy atom. The van der Waals surface area contributed by atoms with Gasteiger partial charge in [-0.15, -0.1) is 0 Å². The van der Waals surface area contributed by atoms with Gasteiger partial charge in [-0.2, -0.15) is 0 Å². The number of carbonyl (C=O) groups excluding carboxylic acids is 1. The minimum Gasteiger partial charge on any atom is -0.370 e. The molecule has 2 heterocycles. The first-order chi connectivity index (χ1) is 8.65. The molecule has 0 unspecified atom stereocenters. The molecule has 0 atom stereocenters. The molecule has 1 N–H and O–H groups in total. The van der Waals surface area contributed by atoms with Crippen molar-refractivity contribution in [1.29, 1.82) is 0 Å². The van der Waals surface area contributed by atoms with Crippen molar-refractivity contribution in [2.45, 2.75) is 33.1 Å². The van der Waals surface area contributed by atoms with Gasteiger partial charge in [0.1, 0.15) is 5.82 Å². The van der Waals surface area contributed by atoms with E-state index in [-0.39, 0.29) is 5.91 Å². The maximum absolute atomic E-state index is 11.6. The summed E-state index contributed by atoms with van der Waals surface area (Å²) in [5, 5.41) is 2.82. The lowest BCUT2D eigenvalue weighted by molar-refractivity contribution is -0.116. The van der Waals surface area contributed by atoms with Crippen molar-refractivity contribution in [2.24, 2.45) is 5.92 Å². The lowest BCUT2D eigenvalue weighted by atomic mass is 10.1. The maximum atomic E-state index is 11.6. The molecule has 2 rings (SSSR count). The molecule has 1 aliphatic heterocycles. The summed E-state index contributed by atoms with van der Waals surface area (Å²) in [7, 11) is 0. The van der Waals surface area contributed by atoms with Crippen LogP contribution >= 0.6 is 0 Å². The van der Waals surface area contributed by atoms with Crippen LogP contribution in [0.4, 0.5) is 11.5 Å². The molecule has 4 heteroatoms. The van der Waals surface area contributed by atoms with Gasteiger partial charge >= 0.3 is 0 Å². The molecule has 0 radical (unpaired) electrons. The zero-order valence-electron chi connectivity index (χ0n) is 11.1. The minimum atomic E-state index is 0.0337. The van der Waals surface area contributed by atoms with Gasteiger partial charge in [0.25, 0.3) is 0 Å². The Bertz CT molecular complexity index is 394. The summed E-state index contributed by atoms with van der Waals surface area (Å²) in [4.78, 5) is 18.2. The van der Waals surface area contributed by atoms with Crippen LogP contribution in [-0.4, -0.2) is 24.0 Å². The second kappa shape index (κ2) is 5.85. The number of anilines is 2. The molecule has 0 saturated carbocycles. The number of amides is 1. The number of aromatic nitrogens is 1. The Hall–Kier alpha value is -1.58. The van der Waals surface area contributed by atoms with Gasteiger partial charge in [0, 0.05) is 19.5 Å². The Labute approximate surface area is 108 Å². The van der Waals surface area contributed by atoms with Crippen LogP contribution in [0, 0.1) is 5.92 Å². The Morgan fingerprint density at radius 3 is 2.67 bits per heavy atom.